The van der Waals surface area contributed by atoms with E-state index < -0.39 is 0 Å². The molecule has 2 saturated heterocycles. The van der Waals surface area contributed by atoms with Crippen molar-refractivity contribution in [2.75, 3.05) is 20.2 Å². The molecule has 180 valence electrons. The molecule has 2 fully saturated rings. The molecule has 33 heavy (non-hydrogen) atoms. The van der Waals surface area contributed by atoms with E-state index in [4.69, 9.17) is 4.74 Å². The number of methoxy groups -OCH3 is 1. The van der Waals surface area contributed by atoms with E-state index in [1.807, 2.05) is 52.9 Å². The van der Waals surface area contributed by atoms with E-state index in [1.54, 1.807) is 7.11 Å². The van der Waals surface area contributed by atoms with Crippen LogP contribution in [0.5, 0.6) is 5.75 Å². The lowest BCUT2D eigenvalue weighted by molar-refractivity contribution is -0.125. The zero-order chi connectivity index (χ0) is 23.9. The van der Waals surface area contributed by atoms with Crippen LogP contribution in [0.4, 0.5) is 0 Å². The van der Waals surface area contributed by atoms with Crippen molar-refractivity contribution in [1.82, 2.24) is 20.1 Å². The summed E-state index contributed by atoms with van der Waals surface area (Å²) in [7, 11) is 3.63. The van der Waals surface area contributed by atoms with Gasteiger partial charge in [0.1, 0.15) is 5.75 Å². The number of carbonyl (C=O) groups is 2. The van der Waals surface area contributed by atoms with Crippen LogP contribution < -0.4 is 15.4 Å². The molecule has 2 bridgehead atoms. The van der Waals surface area contributed by atoms with Gasteiger partial charge in [0.05, 0.1) is 19.2 Å². The minimum absolute atomic E-state index is 0.0225. The van der Waals surface area contributed by atoms with Gasteiger partial charge < -0.3 is 19.9 Å². The Morgan fingerprint density at radius 2 is 1.82 bits per heavy atom. The van der Waals surface area contributed by atoms with E-state index in [1.165, 1.54) is 0 Å². The maximum atomic E-state index is 13.2. The number of ether oxygens (including phenoxy) is 1. The molecule has 4 rings (SSSR count). The summed E-state index contributed by atoms with van der Waals surface area (Å²) in [6.45, 7) is 9.19. The van der Waals surface area contributed by atoms with Crippen LogP contribution in [0.3, 0.4) is 0 Å². The number of hydrogen-bond donors (Lipinski definition) is 2. The second-order valence-corrected chi connectivity index (χ2v) is 10.8. The molecule has 1 aromatic carbocycles. The van der Waals surface area contributed by atoms with Crippen LogP contribution in [0.15, 0.2) is 18.2 Å². The Morgan fingerprint density at radius 1 is 1.15 bits per heavy atom. The quantitative estimate of drug-likeness (QED) is 0.702. The number of carbonyl (C=O) groups excluding carboxylic acids is 2. The molecule has 0 aliphatic carbocycles. The van der Waals surface area contributed by atoms with Gasteiger partial charge in [-0.3, -0.25) is 14.5 Å². The Kier molecular flexibility index (Phi) is 6.45. The van der Waals surface area contributed by atoms with Crippen molar-refractivity contribution in [3.05, 3.63) is 29.5 Å². The molecule has 0 unspecified atom stereocenters. The van der Waals surface area contributed by atoms with Gasteiger partial charge >= 0.3 is 0 Å². The average Bonchev–Trinajstić information content (AvgIpc) is 3.11. The van der Waals surface area contributed by atoms with Crippen LogP contribution in [0.25, 0.3) is 10.9 Å². The molecule has 2 aliphatic heterocycles. The third kappa shape index (κ3) is 4.88. The zero-order valence-electron chi connectivity index (χ0n) is 20.8. The molecule has 0 spiro atoms. The van der Waals surface area contributed by atoms with Crippen molar-refractivity contribution < 1.29 is 14.3 Å². The Balaban J connectivity index is 1.39. The van der Waals surface area contributed by atoms with Crippen molar-refractivity contribution in [2.45, 2.75) is 71.0 Å². The van der Waals surface area contributed by atoms with Gasteiger partial charge in [-0.05, 0) is 77.5 Å². The number of aromatic nitrogens is 1. The molecule has 2 aliphatic rings. The van der Waals surface area contributed by atoms with Crippen LogP contribution >= 0.6 is 0 Å². The molecule has 0 saturated carbocycles. The number of piperidine rings is 1. The van der Waals surface area contributed by atoms with Gasteiger partial charge in [-0.25, -0.2) is 0 Å². The van der Waals surface area contributed by atoms with E-state index >= 15 is 0 Å². The number of hydrogen-bond acceptors (Lipinski definition) is 4. The zero-order valence-corrected chi connectivity index (χ0v) is 20.8. The van der Waals surface area contributed by atoms with E-state index in [2.05, 4.69) is 20.1 Å². The summed E-state index contributed by atoms with van der Waals surface area (Å²) < 4.78 is 7.44. The first kappa shape index (κ1) is 23.6. The average molecular weight is 455 g/mol. The molecular weight excluding hydrogens is 416 g/mol. The molecule has 2 N–H and O–H groups in total. The Labute approximate surface area is 196 Å². The van der Waals surface area contributed by atoms with E-state index in [-0.39, 0.29) is 17.4 Å². The summed E-state index contributed by atoms with van der Waals surface area (Å²) in [6, 6.07) is 6.73. The summed E-state index contributed by atoms with van der Waals surface area (Å²) >= 11 is 0. The lowest BCUT2D eigenvalue weighted by Gasteiger charge is -2.39. The lowest BCUT2D eigenvalue weighted by Crippen LogP contribution is -2.52. The van der Waals surface area contributed by atoms with Crippen LogP contribution in [0, 0.1) is 12.8 Å². The number of nitrogens with one attached hydrogen (secondary N) is 2. The SMILES string of the molecule is COc1ccc2c(c1)c(C(=O)NC[C@@H]1C[C@H]3CC[C@@H](C1)N3CC(=O)NC(C)(C)C)c(C)n2C. The highest BCUT2D eigenvalue weighted by atomic mass is 16.5. The van der Waals surface area contributed by atoms with Gasteiger partial charge in [0, 0.05) is 47.8 Å². The standard InChI is InChI=1S/C26H38N4O3/c1-16-24(21-13-20(33-6)9-10-22(21)29(16)5)25(32)27-14-17-11-18-7-8-19(12-17)30(18)15-23(31)28-26(2,3)4/h9-10,13,17-19H,7-8,11-12,14-15H2,1-6H3,(H,27,32)(H,28,31)/t17-,18-,19+. The van der Waals surface area contributed by atoms with Crippen molar-refractivity contribution >= 4 is 22.7 Å². The van der Waals surface area contributed by atoms with E-state index in [0.717, 1.165) is 53.6 Å². The molecule has 7 heteroatoms. The normalized spacial score (nSPS) is 23.0. The number of amides is 2. The fourth-order valence-corrected chi connectivity index (χ4v) is 5.73. The highest BCUT2D eigenvalue weighted by molar-refractivity contribution is 6.08. The summed E-state index contributed by atoms with van der Waals surface area (Å²) in [4.78, 5) is 28.1. The van der Waals surface area contributed by atoms with Crippen LogP contribution in [0.2, 0.25) is 0 Å². The fraction of sp³-hybridized carbons (Fsp3) is 0.615. The second kappa shape index (κ2) is 9.01. The Morgan fingerprint density at radius 3 is 2.42 bits per heavy atom. The van der Waals surface area contributed by atoms with Crippen molar-refractivity contribution in [3.8, 4) is 5.75 Å². The van der Waals surface area contributed by atoms with Gasteiger partial charge in [0.25, 0.3) is 5.91 Å². The smallest absolute Gasteiger partial charge is 0.253 e. The third-order valence-electron chi connectivity index (χ3n) is 7.30. The van der Waals surface area contributed by atoms with Gasteiger partial charge in [0.2, 0.25) is 5.91 Å². The van der Waals surface area contributed by atoms with Crippen LogP contribution in [0.1, 0.15) is 62.5 Å². The molecule has 2 amide bonds. The first-order valence-corrected chi connectivity index (χ1v) is 12.1. The third-order valence-corrected chi connectivity index (χ3v) is 7.30. The highest BCUT2D eigenvalue weighted by Crippen LogP contribution is 2.38. The first-order valence-electron chi connectivity index (χ1n) is 12.1. The summed E-state index contributed by atoms with van der Waals surface area (Å²) in [5.41, 5.74) is 2.50. The van der Waals surface area contributed by atoms with Crippen molar-refractivity contribution in [1.29, 1.82) is 0 Å². The van der Waals surface area contributed by atoms with Crippen LogP contribution in [-0.2, 0) is 11.8 Å². The summed E-state index contributed by atoms with van der Waals surface area (Å²) in [5, 5.41) is 7.23. The predicted octanol–water partition coefficient (Wildman–Crippen LogP) is 3.38. The maximum Gasteiger partial charge on any atom is 0.253 e. The molecule has 0 radical (unpaired) electrons. The molecular formula is C26H38N4O3. The second-order valence-electron chi connectivity index (χ2n) is 10.8. The van der Waals surface area contributed by atoms with Crippen molar-refractivity contribution in [2.24, 2.45) is 13.0 Å². The molecule has 7 nitrogen and oxygen atoms in total. The van der Waals surface area contributed by atoms with Gasteiger partial charge in [-0.2, -0.15) is 0 Å². The topological polar surface area (TPSA) is 75.6 Å². The predicted molar refractivity (Wildman–Crippen MR) is 131 cm³/mol. The van der Waals surface area contributed by atoms with Gasteiger partial charge in [-0.1, -0.05) is 0 Å². The summed E-state index contributed by atoms with van der Waals surface area (Å²) in [5.74, 6) is 1.28. The maximum absolute atomic E-state index is 13.2. The number of rotatable bonds is 6. The van der Waals surface area contributed by atoms with Gasteiger partial charge in [-0.15, -0.1) is 0 Å². The number of nitrogens with zero attached hydrogens (tertiary/aromatic N) is 2. The first-order chi connectivity index (χ1) is 15.6. The molecule has 3 heterocycles. The summed E-state index contributed by atoms with van der Waals surface area (Å²) in [6.07, 6.45) is 4.34. The number of aryl methyl sites for hydroxylation is 1. The molecule has 2 aromatic rings. The minimum Gasteiger partial charge on any atom is -0.497 e. The van der Waals surface area contributed by atoms with Crippen LogP contribution in [-0.4, -0.2) is 59.1 Å². The molecule has 1 aromatic heterocycles. The Bertz CT molecular complexity index is 1040. The van der Waals surface area contributed by atoms with Crippen molar-refractivity contribution in [3.63, 3.8) is 0 Å². The monoisotopic (exact) mass is 454 g/mol. The Hall–Kier alpha value is -2.54. The fourth-order valence-electron chi connectivity index (χ4n) is 5.73. The van der Waals surface area contributed by atoms with Gasteiger partial charge in [0.15, 0.2) is 0 Å². The molecule has 3 atom stereocenters. The number of fused-ring (bicyclic) bond motifs is 3. The van der Waals surface area contributed by atoms with E-state index in [9.17, 15) is 9.59 Å². The lowest BCUT2D eigenvalue weighted by atomic mass is 9.90. The minimum atomic E-state index is -0.206. The number of benzene rings is 1. The highest BCUT2D eigenvalue weighted by Gasteiger charge is 2.41. The van der Waals surface area contributed by atoms with E-state index in [0.29, 0.717) is 31.1 Å². The largest absolute Gasteiger partial charge is 0.497 e.